The summed E-state index contributed by atoms with van der Waals surface area (Å²) in [5.41, 5.74) is 12.9. The summed E-state index contributed by atoms with van der Waals surface area (Å²) in [5, 5.41) is 0. The number of Topliss-reactive ketones (excluding diaryl/α,β-unsaturated/α-hetero) is 1. The number of aryl methyl sites for hydroxylation is 1. The van der Waals surface area contributed by atoms with Crippen LogP contribution in [0.1, 0.15) is 34.3 Å². The van der Waals surface area contributed by atoms with Gasteiger partial charge in [-0.2, -0.15) is 0 Å². The predicted octanol–water partition coefficient (Wildman–Crippen LogP) is 6.79. The van der Waals surface area contributed by atoms with E-state index in [1.54, 1.807) is 19.5 Å². The van der Waals surface area contributed by atoms with Gasteiger partial charge in [0.25, 0.3) is 0 Å². The van der Waals surface area contributed by atoms with E-state index < -0.39 is 0 Å². The number of hydrogen-bond acceptors (Lipinski definition) is 9. The van der Waals surface area contributed by atoms with Gasteiger partial charge in [0, 0.05) is 61.5 Å². The fraction of sp³-hybridized carbons (Fsp3) is 0.326. The van der Waals surface area contributed by atoms with Gasteiger partial charge in [-0.15, -0.1) is 0 Å². The number of ketones is 1. The van der Waals surface area contributed by atoms with Crippen molar-refractivity contribution in [1.82, 2.24) is 9.55 Å². The molecule has 2 saturated heterocycles. The number of pyridine rings is 2. The molecule has 3 aromatic carbocycles. The number of carbonyl (C=O) groups excluding carboxylic acids is 1. The quantitative estimate of drug-likeness (QED) is 0.139. The zero-order chi connectivity index (χ0) is 36.7. The molecule has 2 aliphatic rings. The van der Waals surface area contributed by atoms with E-state index in [1.165, 1.54) is 0 Å². The van der Waals surface area contributed by atoms with Gasteiger partial charge in [0.15, 0.2) is 22.7 Å². The van der Waals surface area contributed by atoms with Gasteiger partial charge in [0.2, 0.25) is 0 Å². The van der Waals surface area contributed by atoms with Gasteiger partial charge in [0.05, 0.1) is 32.5 Å². The number of aromatic nitrogens is 2. The van der Waals surface area contributed by atoms with Gasteiger partial charge in [-0.05, 0) is 66.1 Å². The molecule has 7 rings (SSSR count). The maximum absolute atomic E-state index is 13.8. The van der Waals surface area contributed by atoms with E-state index >= 15 is 0 Å². The Morgan fingerprint density at radius 3 is 2.32 bits per heavy atom. The third-order valence-corrected chi connectivity index (χ3v) is 9.91. The van der Waals surface area contributed by atoms with Crippen LogP contribution in [-0.4, -0.2) is 68.2 Å². The molecule has 10 heteroatoms. The highest BCUT2D eigenvalue weighted by Gasteiger charge is 2.21. The standard InChI is InChI=1S/C43H45N3O7/c1-28-3-7-32(8-4-28)37-24-46(23-30-13-15-50-16-14-30)25-38(42(37)48)39(47)19-29-5-9-31(10-6-29)36-20-34(22-45-43(36)44)33-11-12-40(41(21-33)49-2)53-27-35-26-51-17-18-52-35/h3-12,20-22,24-25,30,35H,13-19,23,26-27H2,1-2H3,(H2,44,45)/t35-/m0/s1. The summed E-state index contributed by atoms with van der Waals surface area (Å²) in [6.07, 6.45) is 7.22. The summed E-state index contributed by atoms with van der Waals surface area (Å²) in [6, 6.07) is 23.2. The van der Waals surface area contributed by atoms with Crippen LogP contribution in [0.4, 0.5) is 5.82 Å². The summed E-state index contributed by atoms with van der Waals surface area (Å²) in [4.78, 5) is 32.1. The van der Waals surface area contributed by atoms with Crippen molar-refractivity contribution in [3.05, 3.63) is 118 Å². The fourth-order valence-electron chi connectivity index (χ4n) is 6.83. The van der Waals surface area contributed by atoms with Crippen molar-refractivity contribution in [2.75, 3.05) is 52.5 Å². The summed E-state index contributed by atoms with van der Waals surface area (Å²) < 4.78 is 30.4. The van der Waals surface area contributed by atoms with E-state index in [4.69, 9.17) is 29.4 Å². The molecule has 2 aromatic heterocycles. The number of nitrogen functional groups attached to an aromatic ring is 1. The topological polar surface area (TPSA) is 124 Å². The largest absolute Gasteiger partial charge is 0.493 e. The van der Waals surface area contributed by atoms with Crippen molar-refractivity contribution in [3.8, 4) is 44.9 Å². The maximum Gasteiger partial charge on any atom is 0.200 e. The number of methoxy groups -OCH3 is 1. The summed E-state index contributed by atoms with van der Waals surface area (Å²) in [6.45, 7) is 6.21. The number of hydrogen-bond donors (Lipinski definition) is 1. The van der Waals surface area contributed by atoms with Crippen molar-refractivity contribution in [1.29, 1.82) is 0 Å². The molecule has 10 nitrogen and oxygen atoms in total. The lowest BCUT2D eigenvalue weighted by molar-refractivity contribution is -0.101. The van der Waals surface area contributed by atoms with E-state index in [1.807, 2.05) is 90.5 Å². The van der Waals surface area contributed by atoms with E-state index in [-0.39, 0.29) is 29.3 Å². The number of nitrogens with two attached hydrogens (primary N) is 1. The van der Waals surface area contributed by atoms with Crippen molar-refractivity contribution in [3.63, 3.8) is 0 Å². The lowest BCUT2D eigenvalue weighted by atomic mass is 9.96. The first-order chi connectivity index (χ1) is 25.8. The molecule has 2 fully saturated rings. The van der Waals surface area contributed by atoms with Crippen molar-refractivity contribution >= 4 is 11.6 Å². The molecule has 1 atom stereocenters. The van der Waals surface area contributed by atoms with Crippen LogP contribution in [0.25, 0.3) is 33.4 Å². The molecule has 0 saturated carbocycles. The van der Waals surface area contributed by atoms with Crippen LogP contribution < -0.4 is 20.6 Å². The minimum Gasteiger partial charge on any atom is -0.493 e. The molecule has 0 amide bonds. The molecular weight excluding hydrogens is 670 g/mol. The van der Waals surface area contributed by atoms with Crippen molar-refractivity contribution in [2.24, 2.45) is 5.92 Å². The minimum atomic E-state index is -0.251. The molecule has 0 radical (unpaired) electrons. The van der Waals surface area contributed by atoms with Crippen LogP contribution in [0, 0.1) is 12.8 Å². The Balaban J connectivity index is 1.09. The number of ether oxygens (including phenoxy) is 5. The van der Waals surface area contributed by atoms with Crippen LogP contribution in [0.2, 0.25) is 0 Å². The Hall–Kier alpha value is -5.29. The molecule has 2 N–H and O–H groups in total. The first kappa shape index (κ1) is 36.1. The van der Waals surface area contributed by atoms with Crippen LogP contribution >= 0.6 is 0 Å². The number of anilines is 1. The predicted molar refractivity (Wildman–Crippen MR) is 205 cm³/mol. The molecular formula is C43H45N3O7. The van der Waals surface area contributed by atoms with Gasteiger partial charge in [-0.3, -0.25) is 9.59 Å². The highest BCUT2D eigenvalue weighted by atomic mass is 16.6. The second-order valence-electron chi connectivity index (χ2n) is 13.7. The first-order valence-electron chi connectivity index (χ1n) is 18.1. The van der Waals surface area contributed by atoms with E-state index in [0.717, 1.165) is 71.5 Å². The van der Waals surface area contributed by atoms with Crippen LogP contribution in [-0.2, 0) is 27.2 Å². The van der Waals surface area contributed by atoms with E-state index in [0.29, 0.717) is 55.2 Å². The molecule has 274 valence electrons. The van der Waals surface area contributed by atoms with Crippen molar-refractivity contribution in [2.45, 2.75) is 38.8 Å². The fourth-order valence-corrected chi connectivity index (χ4v) is 6.83. The number of benzene rings is 3. The number of carbonyl (C=O) groups is 1. The summed E-state index contributed by atoms with van der Waals surface area (Å²) in [5.74, 6) is 1.79. The molecule has 0 spiro atoms. The molecule has 2 aliphatic heterocycles. The SMILES string of the molecule is COc1cc(-c2cnc(N)c(-c3ccc(CC(=O)c4cn(CC5CCOCC5)cc(-c5ccc(C)cc5)c4=O)cc3)c2)ccc1OC[C@@H]1COCCO1. The van der Waals surface area contributed by atoms with Gasteiger partial charge in [0.1, 0.15) is 18.5 Å². The Morgan fingerprint density at radius 1 is 0.849 bits per heavy atom. The molecule has 0 aliphatic carbocycles. The monoisotopic (exact) mass is 715 g/mol. The number of nitrogens with zero attached hydrogens (tertiary/aromatic N) is 2. The molecule has 53 heavy (non-hydrogen) atoms. The molecule has 0 unspecified atom stereocenters. The van der Waals surface area contributed by atoms with Crippen LogP contribution in [0.3, 0.4) is 0 Å². The Morgan fingerprint density at radius 2 is 1.58 bits per heavy atom. The summed E-state index contributed by atoms with van der Waals surface area (Å²) in [7, 11) is 1.61. The zero-order valence-electron chi connectivity index (χ0n) is 30.2. The minimum absolute atomic E-state index is 0.0893. The lowest BCUT2D eigenvalue weighted by Gasteiger charge is -2.23. The normalized spacial score (nSPS) is 16.3. The third kappa shape index (κ3) is 8.68. The van der Waals surface area contributed by atoms with Gasteiger partial charge in [-0.1, -0.05) is 60.2 Å². The third-order valence-electron chi connectivity index (χ3n) is 9.91. The lowest BCUT2D eigenvalue weighted by Crippen LogP contribution is -2.33. The second-order valence-corrected chi connectivity index (χ2v) is 13.7. The average molecular weight is 716 g/mol. The van der Waals surface area contributed by atoms with Crippen LogP contribution in [0.15, 0.2) is 96.2 Å². The highest BCUT2D eigenvalue weighted by Crippen LogP contribution is 2.35. The Labute approximate surface area is 309 Å². The Bertz CT molecular complexity index is 2100. The van der Waals surface area contributed by atoms with Gasteiger partial charge >= 0.3 is 0 Å². The molecule has 4 heterocycles. The highest BCUT2D eigenvalue weighted by molar-refractivity contribution is 5.98. The van der Waals surface area contributed by atoms with E-state index in [2.05, 4.69) is 4.98 Å². The van der Waals surface area contributed by atoms with Gasteiger partial charge < -0.3 is 34.0 Å². The second kappa shape index (κ2) is 16.6. The zero-order valence-corrected chi connectivity index (χ0v) is 30.2. The maximum atomic E-state index is 13.8. The number of rotatable bonds is 12. The molecule has 0 bridgehead atoms. The first-order valence-corrected chi connectivity index (χ1v) is 18.1. The summed E-state index contributed by atoms with van der Waals surface area (Å²) >= 11 is 0. The van der Waals surface area contributed by atoms with E-state index in [9.17, 15) is 9.59 Å². The Kier molecular flexibility index (Phi) is 11.3. The van der Waals surface area contributed by atoms with Gasteiger partial charge in [-0.25, -0.2) is 4.98 Å². The van der Waals surface area contributed by atoms with Crippen LogP contribution in [0.5, 0.6) is 11.5 Å². The smallest absolute Gasteiger partial charge is 0.200 e. The average Bonchev–Trinajstić information content (AvgIpc) is 3.19. The van der Waals surface area contributed by atoms with Crippen molar-refractivity contribution < 1.29 is 28.5 Å². The molecule has 5 aromatic rings.